The van der Waals surface area contributed by atoms with Gasteiger partial charge in [-0.1, -0.05) is 0 Å². The highest BCUT2D eigenvalue weighted by atomic mass is 32.2. The van der Waals surface area contributed by atoms with Crippen molar-refractivity contribution in [2.45, 2.75) is 18.9 Å². The number of thiazole rings is 1. The number of rotatable bonds is 4. The Morgan fingerprint density at radius 1 is 1.35 bits per heavy atom. The maximum Gasteiger partial charge on any atom is 0.211 e. The van der Waals surface area contributed by atoms with Gasteiger partial charge in [-0.05, 0) is 37.1 Å². The molecule has 3 rings (SSSR count). The molecule has 1 unspecified atom stereocenters. The number of piperidine rings is 1. The summed E-state index contributed by atoms with van der Waals surface area (Å²) < 4.78 is 37.8. The maximum atomic E-state index is 13.0. The van der Waals surface area contributed by atoms with Crippen molar-refractivity contribution in [2.24, 2.45) is 0 Å². The second-order valence-electron chi connectivity index (χ2n) is 5.65. The first-order valence-corrected chi connectivity index (χ1v) is 10.1. The first kappa shape index (κ1) is 16.4. The van der Waals surface area contributed by atoms with Crippen LogP contribution in [0.25, 0.3) is 11.3 Å². The van der Waals surface area contributed by atoms with Gasteiger partial charge >= 0.3 is 0 Å². The number of hydrogen-bond acceptors (Lipinski definition) is 5. The van der Waals surface area contributed by atoms with Crippen molar-refractivity contribution < 1.29 is 12.8 Å². The standard InChI is InChI=1S/C15H18FN3O2S2/c1-23(20,21)19-8-2-3-13(9-19)17-15-18-14(10-22-15)11-4-6-12(16)7-5-11/h4-7,10,13H,2-3,8-9H2,1H3,(H,17,18). The lowest BCUT2D eigenvalue weighted by atomic mass is 10.1. The van der Waals surface area contributed by atoms with Crippen LogP contribution in [0, 0.1) is 5.82 Å². The smallest absolute Gasteiger partial charge is 0.211 e. The fourth-order valence-corrected chi connectivity index (χ4v) is 4.34. The number of nitrogens with one attached hydrogen (secondary N) is 1. The van der Waals surface area contributed by atoms with Crippen LogP contribution in [0.3, 0.4) is 0 Å². The van der Waals surface area contributed by atoms with E-state index < -0.39 is 10.0 Å². The Labute approximate surface area is 139 Å². The fourth-order valence-electron chi connectivity index (χ4n) is 2.63. The lowest BCUT2D eigenvalue weighted by Gasteiger charge is -2.31. The molecule has 2 heterocycles. The average molecular weight is 355 g/mol. The Hall–Kier alpha value is -1.51. The van der Waals surface area contributed by atoms with E-state index in [9.17, 15) is 12.8 Å². The van der Waals surface area contributed by atoms with Crippen molar-refractivity contribution in [3.8, 4) is 11.3 Å². The van der Waals surface area contributed by atoms with Crippen LogP contribution in [-0.4, -0.2) is 43.1 Å². The topological polar surface area (TPSA) is 62.3 Å². The van der Waals surface area contributed by atoms with Crippen LogP contribution in [0.15, 0.2) is 29.6 Å². The molecule has 0 spiro atoms. The summed E-state index contributed by atoms with van der Waals surface area (Å²) in [6.07, 6.45) is 2.99. The summed E-state index contributed by atoms with van der Waals surface area (Å²) in [5.41, 5.74) is 1.64. The summed E-state index contributed by atoms with van der Waals surface area (Å²) in [6.45, 7) is 1.04. The number of benzene rings is 1. The summed E-state index contributed by atoms with van der Waals surface area (Å²) in [6, 6.07) is 6.27. The number of sulfonamides is 1. The molecule has 124 valence electrons. The molecular weight excluding hydrogens is 337 g/mol. The van der Waals surface area contributed by atoms with E-state index in [-0.39, 0.29) is 11.9 Å². The zero-order valence-corrected chi connectivity index (χ0v) is 14.3. The van der Waals surface area contributed by atoms with Gasteiger partial charge in [0.25, 0.3) is 0 Å². The van der Waals surface area contributed by atoms with Gasteiger partial charge in [0.2, 0.25) is 10.0 Å². The van der Waals surface area contributed by atoms with E-state index >= 15 is 0 Å². The summed E-state index contributed by atoms with van der Waals surface area (Å²) in [5, 5.41) is 5.98. The first-order valence-electron chi connectivity index (χ1n) is 7.35. The van der Waals surface area contributed by atoms with Gasteiger partial charge < -0.3 is 5.32 Å². The highest BCUT2D eigenvalue weighted by Crippen LogP contribution is 2.26. The third-order valence-electron chi connectivity index (χ3n) is 3.82. The van der Waals surface area contributed by atoms with Crippen LogP contribution >= 0.6 is 11.3 Å². The Balaban J connectivity index is 1.68. The van der Waals surface area contributed by atoms with Crippen LogP contribution in [-0.2, 0) is 10.0 Å². The monoisotopic (exact) mass is 355 g/mol. The minimum atomic E-state index is -3.15. The predicted molar refractivity (Wildman–Crippen MR) is 90.6 cm³/mol. The molecule has 1 aliphatic rings. The molecule has 0 amide bonds. The van der Waals surface area contributed by atoms with Crippen molar-refractivity contribution in [2.75, 3.05) is 24.7 Å². The van der Waals surface area contributed by atoms with Gasteiger partial charge in [-0.3, -0.25) is 0 Å². The zero-order valence-electron chi connectivity index (χ0n) is 12.7. The summed E-state index contributed by atoms with van der Waals surface area (Å²) in [4.78, 5) is 4.51. The van der Waals surface area contributed by atoms with Gasteiger partial charge in [-0.2, -0.15) is 0 Å². The third-order valence-corrected chi connectivity index (χ3v) is 5.87. The molecule has 1 N–H and O–H groups in total. The molecule has 0 radical (unpaired) electrons. The van der Waals surface area contributed by atoms with Crippen LogP contribution in [0.5, 0.6) is 0 Å². The highest BCUT2D eigenvalue weighted by molar-refractivity contribution is 7.88. The molecule has 1 aromatic heterocycles. The van der Waals surface area contributed by atoms with Crippen molar-refractivity contribution >= 4 is 26.5 Å². The van der Waals surface area contributed by atoms with E-state index in [1.807, 2.05) is 5.38 Å². The van der Waals surface area contributed by atoms with Crippen LogP contribution in [0.1, 0.15) is 12.8 Å². The highest BCUT2D eigenvalue weighted by Gasteiger charge is 2.26. The van der Waals surface area contributed by atoms with Crippen molar-refractivity contribution in [3.05, 3.63) is 35.5 Å². The minimum absolute atomic E-state index is 0.0608. The van der Waals surface area contributed by atoms with Gasteiger partial charge in [0.15, 0.2) is 5.13 Å². The average Bonchev–Trinajstić information content (AvgIpc) is 2.96. The molecule has 1 aromatic carbocycles. The van der Waals surface area contributed by atoms with Crippen LogP contribution in [0.2, 0.25) is 0 Å². The number of anilines is 1. The van der Waals surface area contributed by atoms with Gasteiger partial charge in [-0.25, -0.2) is 22.1 Å². The summed E-state index contributed by atoms with van der Waals surface area (Å²) in [7, 11) is -3.15. The van der Waals surface area contributed by atoms with Gasteiger partial charge in [0.05, 0.1) is 11.9 Å². The van der Waals surface area contributed by atoms with E-state index in [0.717, 1.165) is 29.2 Å². The quantitative estimate of drug-likeness (QED) is 0.916. The molecule has 0 aliphatic carbocycles. The van der Waals surface area contributed by atoms with Crippen molar-refractivity contribution in [1.29, 1.82) is 0 Å². The zero-order chi connectivity index (χ0) is 16.4. The van der Waals surface area contributed by atoms with Crippen LogP contribution < -0.4 is 5.32 Å². The molecule has 1 saturated heterocycles. The number of halogens is 1. The van der Waals surface area contributed by atoms with E-state index in [1.165, 1.54) is 34.0 Å². The molecule has 8 heteroatoms. The number of aromatic nitrogens is 1. The van der Waals surface area contributed by atoms with E-state index in [4.69, 9.17) is 0 Å². The Bertz CT molecular complexity index is 774. The Kier molecular flexibility index (Phi) is 4.65. The molecule has 1 fully saturated rings. The second kappa shape index (κ2) is 6.54. The van der Waals surface area contributed by atoms with Gasteiger partial charge in [0.1, 0.15) is 5.82 Å². The number of nitrogens with zero attached hydrogens (tertiary/aromatic N) is 2. The van der Waals surface area contributed by atoms with Crippen molar-refractivity contribution in [3.63, 3.8) is 0 Å². The molecular formula is C15H18FN3O2S2. The SMILES string of the molecule is CS(=O)(=O)N1CCCC(Nc2nc(-c3ccc(F)cc3)cs2)C1. The molecule has 1 aliphatic heterocycles. The fraction of sp³-hybridized carbons (Fsp3) is 0.400. The Morgan fingerprint density at radius 3 is 2.78 bits per heavy atom. The maximum absolute atomic E-state index is 13.0. The van der Waals surface area contributed by atoms with Gasteiger partial charge in [-0.15, -0.1) is 11.3 Å². The second-order valence-corrected chi connectivity index (χ2v) is 8.49. The molecule has 1 atom stereocenters. The van der Waals surface area contributed by atoms with E-state index in [1.54, 1.807) is 12.1 Å². The van der Waals surface area contributed by atoms with Crippen LogP contribution in [0.4, 0.5) is 9.52 Å². The molecule has 5 nitrogen and oxygen atoms in total. The number of hydrogen-bond donors (Lipinski definition) is 1. The van der Waals surface area contributed by atoms with E-state index in [2.05, 4.69) is 10.3 Å². The summed E-state index contributed by atoms with van der Waals surface area (Å²) >= 11 is 1.47. The largest absolute Gasteiger partial charge is 0.357 e. The van der Waals surface area contributed by atoms with Crippen molar-refractivity contribution in [1.82, 2.24) is 9.29 Å². The predicted octanol–water partition coefficient (Wildman–Crippen LogP) is 2.79. The normalized spacial score (nSPS) is 19.7. The lowest BCUT2D eigenvalue weighted by Crippen LogP contribution is -2.44. The Morgan fingerprint density at radius 2 is 2.09 bits per heavy atom. The first-order chi connectivity index (χ1) is 10.9. The molecule has 0 bridgehead atoms. The minimum Gasteiger partial charge on any atom is -0.357 e. The lowest BCUT2D eigenvalue weighted by molar-refractivity contribution is 0.329. The molecule has 0 saturated carbocycles. The van der Waals surface area contributed by atoms with E-state index in [0.29, 0.717) is 13.1 Å². The molecule has 23 heavy (non-hydrogen) atoms. The summed E-state index contributed by atoms with van der Waals surface area (Å²) in [5.74, 6) is -0.273. The molecule has 2 aromatic rings. The third kappa shape index (κ3) is 4.07. The van der Waals surface area contributed by atoms with Gasteiger partial charge in [0, 0.05) is 30.1 Å².